The molecule has 0 aliphatic heterocycles. The molecule has 0 amide bonds. The Morgan fingerprint density at radius 2 is 1.88 bits per heavy atom. The summed E-state index contributed by atoms with van der Waals surface area (Å²) in [5.74, 6) is 0.458. The Morgan fingerprint density at radius 1 is 1.31 bits per heavy atom. The van der Waals surface area contributed by atoms with E-state index in [0.717, 1.165) is 18.4 Å². The van der Waals surface area contributed by atoms with Crippen LogP contribution in [0.5, 0.6) is 0 Å². The van der Waals surface area contributed by atoms with Gasteiger partial charge in [-0.05, 0) is 24.3 Å². The zero-order valence-electron chi connectivity index (χ0n) is 9.52. The van der Waals surface area contributed by atoms with Crippen molar-refractivity contribution in [1.82, 2.24) is 0 Å². The Morgan fingerprint density at radius 3 is 2.31 bits per heavy atom. The van der Waals surface area contributed by atoms with Gasteiger partial charge in [0.1, 0.15) is 0 Å². The van der Waals surface area contributed by atoms with E-state index >= 15 is 0 Å². The number of halogens is 1. The number of nitro groups is 1. The molecule has 16 heavy (non-hydrogen) atoms. The highest BCUT2D eigenvalue weighted by Crippen LogP contribution is 2.18. The minimum absolute atomic E-state index is 0.134. The summed E-state index contributed by atoms with van der Waals surface area (Å²) < 4.78 is 0. The zero-order valence-corrected chi connectivity index (χ0v) is 10.3. The Hall–Kier alpha value is -1.09. The first-order chi connectivity index (χ1) is 7.50. The van der Waals surface area contributed by atoms with E-state index in [9.17, 15) is 10.1 Å². The number of aryl methyl sites for hydroxylation is 1. The summed E-state index contributed by atoms with van der Waals surface area (Å²) in [5, 5.41) is 10.6. The zero-order chi connectivity index (χ0) is 12.1. The molecule has 4 heteroatoms. The van der Waals surface area contributed by atoms with Gasteiger partial charge in [0.05, 0.1) is 4.92 Å². The van der Waals surface area contributed by atoms with Gasteiger partial charge in [0, 0.05) is 17.5 Å². The van der Waals surface area contributed by atoms with E-state index in [2.05, 4.69) is 13.8 Å². The lowest BCUT2D eigenvalue weighted by Crippen LogP contribution is -2.08. The van der Waals surface area contributed by atoms with Crippen LogP contribution in [0.2, 0.25) is 0 Å². The highest BCUT2D eigenvalue weighted by atomic mass is 35.5. The first-order valence-electron chi connectivity index (χ1n) is 5.38. The fourth-order valence-corrected chi connectivity index (χ4v) is 1.53. The van der Waals surface area contributed by atoms with Gasteiger partial charge in [-0.3, -0.25) is 10.1 Å². The van der Waals surface area contributed by atoms with Crippen molar-refractivity contribution in [3.63, 3.8) is 0 Å². The van der Waals surface area contributed by atoms with Gasteiger partial charge >= 0.3 is 0 Å². The molecule has 0 aromatic heterocycles. The summed E-state index contributed by atoms with van der Waals surface area (Å²) in [6, 6.07) is 6.66. The van der Waals surface area contributed by atoms with Crippen LogP contribution in [0, 0.1) is 16.0 Å². The Labute approximate surface area is 101 Å². The van der Waals surface area contributed by atoms with Crippen LogP contribution in [0.15, 0.2) is 24.3 Å². The molecule has 1 aromatic rings. The van der Waals surface area contributed by atoms with Crippen LogP contribution in [-0.2, 0) is 6.42 Å². The lowest BCUT2D eigenvalue weighted by Gasteiger charge is -2.12. The second-order valence-electron chi connectivity index (χ2n) is 4.22. The molecule has 0 heterocycles. The van der Waals surface area contributed by atoms with E-state index in [0.29, 0.717) is 5.92 Å². The third-order valence-electron chi connectivity index (χ3n) is 2.58. The van der Waals surface area contributed by atoms with E-state index in [-0.39, 0.29) is 16.0 Å². The summed E-state index contributed by atoms with van der Waals surface area (Å²) >= 11 is 6.14. The minimum atomic E-state index is -0.387. The molecule has 1 atom stereocenters. The molecule has 0 saturated heterocycles. The van der Waals surface area contributed by atoms with E-state index in [4.69, 9.17) is 11.6 Å². The maximum atomic E-state index is 10.5. The SMILES string of the molecule is CC(C)C(Cl)CCc1ccc([N+](=O)[O-])cc1. The number of nitrogens with zero attached hydrogens (tertiary/aromatic N) is 1. The molecular formula is C12H16ClNO2. The van der Waals surface area contributed by atoms with Crippen LogP contribution >= 0.6 is 11.6 Å². The normalized spacial score (nSPS) is 12.8. The molecule has 0 aliphatic carbocycles. The highest BCUT2D eigenvalue weighted by molar-refractivity contribution is 6.20. The van der Waals surface area contributed by atoms with Crippen molar-refractivity contribution < 1.29 is 4.92 Å². The van der Waals surface area contributed by atoms with Crippen LogP contribution in [0.25, 0.3) is 0 Å². The molecule has 1 aromatic carbocycles. The van der Waals surface area contributed by atoms with Gasteiger partial charge in [-0.15, -0.1) is 11.6 Å². The first-order valence-corrected chi connectivity index (χ1v) is 5.81. The fraction of sp³-hybridized carbons (Fsp3) is 0.500. The summed E-state index contributed by atoms with van der Waals surface area (Å²) in [6.07, 6.45) is 1.77. The van der Waals surface area contributed by atoms with Crippen molar-refractivity contribution in [3.8, 4) is 0 Å². The molecule has 1 rings (SSSR count). The van der Waals surface area contributed by atoms with Crippen LogP contribution < -0.4 is 0 Å². The Kier molecular flexibility index (Phi) is 4.74. The number of hydrogen-bond donors (Lipinski definition) is 0. The third kappa shape index (κ3) is 3.81. The first kappa shape index (κ1) is 13.0. The maximum absolute atomic E-state index is 10.5. The van der Waals surface area contributed by atoms with Crippen molar-refractivity contribution >= 4 is 17.3 Å². The summed E-state index contributed by atoms with van der Waals surface area (Å²) in [6.45, 7) is 4.18. The molecular weight excluding hydrogens is 226 g/mol. The largest absolute Gasteiger partial charge is 0.269 e. The number of hydrogen-bond acceptors (Lipinski definition) is 2. The molecule has 1 unspecified atom stereocenters. The molecule has 0 N–H and O–H groups in total. The van der Waals surface area contributed by atoms with Crippen molar-refractivity contribution in [2.75, 3.05) is 0 Å². The molecule has 0 fully saturated rings. The lowest BCUT2D eigenvalue weighted by molar-refractivity contribution is -0.384. The average Bonchev–Trinajstić information content (AvgIpc) is 2.26. The second kappa shape index (κ2) is 5.85. The van der Waals surface area contributed by atoms with Crippen LogP contribution in [0.1, 0.15) is 25.8 Å². The fourth-order valence-electron chi connectivity index (χ4n) is 1.42. The second-order valence-corrected chi connectivity index (χ2v) is 4.78. The topological polar surface area (TPSA) is 43.1 Å². The van der Waals surface area contributed by atoms with E-state index < -0.39 is 0 Å². The Bertz CT molecular complexity index is 349. The molecule has 88 valence electrons. The molecule has 0 bridgehead atoms. The Balaban J connectivity index is 2.53. The van der Waals surface area contributed by atoms with Gasteiger partial charge in [0.15, 0.2) is 0 Å². The minimum Gasteiger partial charge on any atom is -0.258 e. The number of nitro benzene ring substituents is 1. The highest BCUT2D eigenvalue weighted by Gasteiger charge is 2.10. The van der Waals surface area contributed by atoms with Crippen molar-refractivity contribution in [2.45, 2.75) is 32.1 Å². The van der Waals surface area contributed by atoms with Gasteiger partial charge < -0.3 is 0 Å². The standard InChI is InChI=1S/C12H16ClNO2/c1-9(2)12(13)8-5-10-3-6-11(7-4-10)14(15)16/h3-4,6-7,9,12H,5,8H2,1-2H3. The molecule has 0 saturated carbocycles. The quantitative estimate of drug-likeness (QED) is 0.447. The number of alkyl halides is 1. The maximum Gasteiger partial charge on any atom is 0.269 e. The predicted octanol–water partition coefficient (Wildman–Crippen LogP) is 3.79. The number of non-ortho nitro benzene ring substituents is 1. The summed E-state index contributed by atoms with van der Waals surface area (Å²) in [5.41, 5.74) is 1.23. The number of benzene rings is 1. The van der Waals surface area contributed by atoms with Crippen molar-refractivity contribution in [2.24, 2.45) is 5.92 Å². The molecule has 0 radical (unpaired) electrons. The van der Waals surface area contributed by atoms with Crippen molar-refractivity contribution in [1.29, 1.82) is 0 Å². The van der Waals surface area contributed by atoms with Crippen LogP contribution in [0.4, 0.5) is 5.69 Å². The molecule has 0 aliphatic rings. The number of rotatable bonds is 5. The van der Waals surface area contributed by atoms with Crippen LogP contribution in [0.3, 0.4) is 0 Å². The molecule has 3 nitrogen and oxygen atoms in total. The summed E-state index contributed by atoms with van der Waals surface area (Å²) in [7, 11) is 0. The smallest absolute Gasteiger partial charge is 0.258 e. The van der Waals surface area contributed by atoms with Gasteiger partial charge in [-0.1, -0.05) is 26.0 Å². The van der Waals surface area contributed by atoms with Gasteiger partial charge in [0.2, 0.25) is 0 Å². The summed E-state index contributed by atoms with van der Waals surface area (Å²) in [4.78, 5) is 10.1. The average molecular weight is 242 g/mol. The molecule has 0 spiro atoms. The van der Waals surface area contributed by atoms with Gasteiger partial charge in [-0.2, -0.15) is 0 Å². The van der Waals surface area contributed by atoms with E-state index in [1.54, 1.807) is 12.1 Å². The van der Waals surface area contributed by atoms with Crippen LogP contribution in [-0.4, -0.2) is 10.3 Å². The van der Waals surface area contributed by atoms with E-state index in [1.165, 1.54) is 12.1 Å². The van der Waals surface area contributed by atoms with E-state index in [1.807, 2.05) is 0 Å². The lowest BCUT2D eigenvalue weighted by atomic mass is 10.0. The van der Waals surface area contributed by atoms with Crippen molar-refractivity contribution in [3.05, 3.63) is 39.9 Å². The van der Waals surface area contributed by atoms with Gasteiger partial charge in [-0.25, -0.2) is 0 Å². The monoisotopic (exact) mass is 241 g/mol. The van der Waals surface area contributed by atoms with Gasteiger partial charge in [0.25, 0.3) is 5.69 Å². The predicted molar refractivity (Wildman–Crippen MR) is 65.9 cm³/mol. The third-order valence-corrected chi connectivity index (χ3v) is 3.30.